The molecule has 0 aliphatic carbocycles. The van der Waals surface area contributed by atoms with Crippen molar-refractivity contribution in [2.24, 2.45) is 0 Å². The molecule has 8 nitrogen and oxygen atoms in total. The van der Waals surface area contributed by atoms with Gasteiger partial charge in [-0.15, -0.1) is 0 Å². The molecule has 4 heterocycles. The second-order valence-corrected chi connectivity index (χ2v) is 8.12. The number of carbonyl (C=O) groups is 1. The molecule has 1 aromatic carbocycles. The van der Waals surface area contributed by atoms with Crippen LogP contribution >= 0.6 is 0 Å². The van der Waals surface area contributed by atoms with Gasteiger partial charge in [0.05, 0.1) is 5.39 Å². The van der Waals surface area contributed by atoms with Gasteiger partial charge in [-0.2, -0.15) is 0 Å². The van der Waals surface area contributed by atoms with Gasteiger partial charge < -0.3 is 20.3 Å². The quantitative estimate of drug-likeness (QED) is 0.576. The van der Waals surface area contributed by atoms with Crippen LogP contribution in [-0.4, -0.2) is 69.2 Å². The SMILES string of the molecule is CN1CC=C(c2cc(Nc3ncnc4[nH]c(C5=CCN(C(=O)O)CC5)cc34)ccc2F)C1. The largest absolute Gasteiger partial charge is 0.465 e. The van der Waals surface area contributed by atoms with Gasteiger partial charge in [-0.1, -0.05) is 12.2 Å². The maximum Gasteiger partial charge on any atom is 0.407 e. The summed E-state index contributed by atoms with van der Waals surface area (Å²) in [5.74, 6) is 0.379. The molecule has 2 aromatic heterocycles. The summed E-state index contributed by atoms with van der Waals surface area (Å²) in [6.07, 6.45) is 5.16. The molecule has 0 fully saturated rings. The number of likely N-dealkylation sites (N-methyl/N-ethyl adjacent to an activating group) is 1. The second-order valence-electron chi connectivity index (χ2n) is 8.12. The highest BCUT2D eigenvalue weighted by molar-refractivity contribution is 5.92. The van der Waals surface area contributed by atoms with Crippen molar-refractivity contribution in [3.8, 4) is 0 Å². The minimum absolute atomic E-state index is 0.242. The topological polar surface area (TPSA) is 97.4 Å². The van der Waals surface area contributed by atoms with Crippen LogP contribution in [0.25, 0.3) is 22.2 Å². The number of aromatic amines is 1. The van der Waals surface area contributed by atoms with E-state index in [0.717, 1.165) is 34.5 Å². The fourth-order valence-corrected chi connectivity index (χ4v) is 4.17. The van der Waals surface area contributed by atoms with Gasteiger partial charge in [0.2, 0.25) is 0 Å². The minimum Gasteiger partial charge on any atom is -0.465 e. The number of carboxylic acid groups (broad SMARTS) is 1. The van der Waals surface area contributed by atoms with Crippen LogP contribution < -0.4 is 5.32 Å². The van der Waals surface area contributed by atoms with E-state index in [2.05, 4.69) is 25.2 Å². The molecule has 32 heavy (non-hydrogen) atoms. The zero-order valence-corrected chi connectivity index (χ0v) is 17.6. The lowest BCUT2D eigenvalue weighted by Crippen LogP contribution is -2.33. The number of anilines is 2. The summed E-state index contributed by atoms with van der Waals surface area (Å²) in [5.41, 5.74) is 4.94. The third kappa shape index (κ3) is 3.82. The zero-order valence-electron chi connectivity index (χ0n) is 17.6. The molecule has 5 rings (SSSR count). The molecule has 2 aliphatic heterocycles. The molecule has 3 aromatic rings. The maximum atomic E-state index is 14.5. The lowest BCUT2D eigenvalue weighted by Gasteiger charge is -2.23. The fraction of sp³-hybridized carbons (Fsp3) is 0.261. The summed E-state index contributed by atoms with van der Waals surface area (Å²) >= 11 is 0. The van der Waals surface area contributed by atoms with Gasteiger partial charge in [-0.25, -0.2) is 19.2 Å². The zero-order chi connectivity index (χ0) is 22.2. The first kappa shape index (κ1) is 20.2. The molecule has 0 atom stereocenters. The van der Waals surface area contributed by atoms with Crippen molar-refractivity contribution < 1.29 is 14.3 Å². The van der Waals surface area contributed by atoms with Crippen LogP contribution in [-0.2, 0) is 0 Å². The summed E-state index contributed by atoms with van der Waals surface area (Å²) in [5, 5.41) is 13.3. The van der Waals surface area contributed by atoms with E-state index in [4.69, 9.17) is 5.11 Å². The number of fused-ring (bicyclic) bond motifs is 1. The number of hydrogen-bond donors (Lipinski definition) is 3. The Hall–Kier alpha value is -3.72. The van der Waals surface area contributed by atoms with E-state index in [1.54, 1.807) is 6.07 Å². The van der Waals surface area contributed by atoms with Gasteiger partial charge in [0.1, 0.15) is 23.6 Å². The van der Waals surface area contributed by atoms with Gasteiger partial charge in [0, 0.05) is 43.1 Å². The Bertz CT molecular complexity index is 1260. The number of H-pyrrole nitrogens is 1. The van der Waals surface area contributed by atoms with Crippen molar-refractivity contribution in [3.63, 3.8) is 0 Å². The summed E-state index contributed by atoms with van der Waals surface area (Å²) in [4.78, 5) is 26.7. The van der Waals surface area contributed by atoms with Crippen molar-refractivity contribution in [1.29, 1.82) is 0 Å². The number of halogens is 1. The Balaban J connectivity index is 1.43. The molecule has 0 bridgehead atoms. The normalized spacial score (nSPS) is 16.9. The van der Waals surface area contributed by atoms with Crippen LogP contribution in [0, 0.1) is 5.82 Å². The first-order valence-electron chi connectivity index (χ1n) is 10.4. The van der Waals surface area contributed by atoms with Crippen molar-refractivity contribution >= 4 is 39.8 Å². The number of hydrogen-bond acceptors (Lipinski definition) is 5. The van der Waals surface area contributed by atoms with Gasteiger partial charge in [-0.05, 0) is 48.9 Å². The van der Waals surface area contributed by atoms with Gasteiger partial charge >= 0.3 is 6.09 Å². The number of rotatable bonds is 4. The first-order chi connectivity index (χ1) is 15.5. The Morgan fingerprint density at radius 2 is 2.03 bits per heavy atom. The van der Waals surface area contributed by atoms with Crippen molar-refractivity contribution in [2.45, 2.75) is 6.42 Å². The van der Waals surface area contributed by atoms with E-state index >= 15 is 0 Å². The van der Waals surface area contributed by atoms with Crippen LogP contribution in [0.15, 0.2) is 42.7 Å². The van der Waals surface area contributed by atoms with Crippen LogP contribution in [0.1, 0.15) is 17.7 Å². The standard InChI is InChI=1S/C23H23FN6O2/c1-29-7-4-15(12-29)17-10-16(2-3-19(17)24)27-21-18-11-20(28-22(18)26-13-25-21)14-5-8-30(9-6-14)23(31)32/h2-5,10-11,13H,6-9,12H2,1H3,(H,31,32)(H2,25,26,27,28). The summed E-state index contributed by atoms with van der Waals surface area (Å²) in [6.45, 7) is 2.34. The number of nitrogens with zero attached hydrogens (tertiary/aromatic N) is 4. The predicted octanol–water partition coefficient (Wildman–Crippen LogP) is 3.94. The molecule has 0 spiro atoms. The Kier molecular flexibility index (Phi) is 5.10. The third-order valence-electron chi connectivity index (χ3n) is 5.92. The highest BCUT2D eigenvalue weighted by Gasteiger charge is 2.19. The molecule has 0 radical (unpaired) electrons. The van der Waals surface area contributed by atoms with Crippen LogP contribution in [0.5, 0.6) is 0 Å². The van der Waals surface area contributed by atoms with Crippen molar-refractivity contribution in [1.82, 2.24) is 24.8 Å². The number of aromatic nitrogens is 3. The van der Waals surface area contributed by atoms with E-state index in [9.17, 15) is 9.18 Å². The smallest absolute Gasteiger partial charge is 0.407 e. The molecule has 2 aliphatic rings. The van der Waals surface area contributed by atoms with Crippen molar-refractivity contribution in [2.75, 3.05) is 38.5 Å². The van der Waals surface area contributed by atoms with Crippen LogP contribution in [0.3, 0.4) is 0 Å². The number of amides is 1. The average Bonchev–Trinajstić information content (AvgIpc) is 3.42. The second kappa shape index (κ2) is 8.08. The van der Waals surface area contributed by atoms with E-state index in [-0.39, 0.29) is 5.82 Å². The Labute approximate surface area is 184 Å². The van der Waals surface area contributed by atoms with Gasteiger partial charge in [0.25, 0.3) is 0 Å². The fourth-order valence-electron chi connectivity index (χ4n) is 4.17. The minimum atomic E-state index is -0.909. The van der Waals surface area contributed by atoms with E-state index in [1.165, 1.54) is 17.3 Å². The van der Waals surface area contributed by atoms with Crippen LogP contribution in [0.4, 0.5) is 20.7 Å². The third-order valence-corrected chi connectivity index (χ3v) is 5.92. The Morgan fingerprint density at radius 3 is 2.75 bits per heavy atom. The van der Waals surface area contributed by atoms with E-state index < -0.39 is 6.09 Å². The van der Waals surface area contributed by atoms with Crippen molar-refractivity contribution in [3.05, 3.63) is 59.8 Å². The van der Waals surface area contributed by atoms with E-state index in [0.29, 0.717) is 43.1 Å². The lowest BCUT2D eigenvalue weighted by molar-refractivity contribution is 0.150. The van der Waals surface area contributed by atoms with Crippen LogP contribution in [0.2, 0.25) is 0 Å². The molecule has 1 amide bonds. The Morgan fingerprint density at radius 1 is 1.19 bits per heavy atom. The highest BCUT2D eigenvalue weighted by atomic mass is 19.1. The van der Waals surface area contributed by atoms with Gasteiger partial charge in [0.15, 0.2) is 0 Å². The van der Waals surface area contributed by atoms with Gasteiger partial charge in [-0.3, -0.25) is 4.90 Å². The molecule has 164 valence electrons. The molecular formula is C23H23FN6O2. The molecule has 3 N–H and O–H groups in total. The maximum absolute atomic E-state index is 14.5. The summed E-state index contributed by atoms with van der Waals surface area (Å²) < 4.78 is 14.5. The number of benzene rings is 1. The number of nitrogens with one attached hydrogen (secondary N) is 2. The monoisotopic (exact) mass is 434 g/mol. The first-order valence-corrected chi connectivity index (χ1v) is 10.4. The summed E-state index contributed by atoms with van der Waals surface area (Å²) in [6, 6.07) is 6.95. The molecular weight excluding hydrogens is 411 g/mol. The predicted molar refractivity (Wildman–Crippen MR) is 121 cm³/mol. The molecule has 0 saturated heterocycles. The molecule has 0 unspecified atom stereocenters. The molecule has 9 heteroatoms. The van der Waals surface area contributed by atoms with E-state index in [1.807, 2.05) is 31.3 Å². The highest BCUT2D eigenvalue weighted by Crippen LogP contribution is 2.31. The lowest BCUT2D eigenvalue weighted by atomic mass is 10.0. The summed E-state index contributed by atoms with van der Waals surface area (Å²) in [7, 11) is 2.01. The average molecular weight is 434 g/mol. The molecule has 0 saturated carbocycles.